The number of halogens is 1. The molecule has 2 aromatic carbocycles. The second-order valence-corrected chi connectivity index (χ2v) is 5.58. The number of hydrogen-bond acceptors (Lipinski definition) is 5. The topological polar surface area (TPSA) is 111 Å². The number of nitro groups is 1. The van der Waals surface area contributed by atoms with Crippen LogP contribution in [0.2, 0.25) is 5.02 Å². The number of ether oxygens (including phenoxy) is 1. The monoisotopic (exact) mass is 377 g/mol. The van der Waals surface area contributed by atoms with Crippen molar-refractivity contribution in [3.63, 3.8) is 0 Å². The van der Waals surface area contributed by atoms with E-state index < -0.39 is 10.8 Å². The molecular weight excluding hydrogens is 362 g/mol. The maximum Gasteiger partial charge on any atom is 0.283 e. The number of likely N-dealkylation sites (N-methyl/N-ethyl adjacent to an activating group) is 1. The molecule has 0 spiro atoms. The zero-order chi connectivity index (χ0) is 19.1. The first-order chi connectivity index (χ1) is 12.4. The van der Waals surface area contributed by atoms with Crippen molar-refractivity contribution in [3.05, 3.63) is 63.2 Å². The largest absolute Gasteiger partial charge is 0.484 e. The molecule has 8 nitrogen and oxygen atoms in total. The molecule has 2 N–H and O–H groups in total. The second-order valence-electron chi connectivity index (χ2n) is 5.14. The standard InChI is InChI=1S/C17H16ClN3O5/c1-2-19-16(22)10-26-13-6-4-12(5-7-13)20-17(23)14-8-3-11(18)9-15(14)21(24)25/h3-9H,2,10H2,1H3,(H,19,22)(H,20,23). The third-order valence-corrected chi connectivity index (χ3v) is 3.49. The molecule has 0 unspecified atom stereocenters. The van der Waals surface area contributed by atoms with Gasteiger partial charge in [0.05, 0.1) is 4.92 Å². The number of nitrogens with one attached hydrogen (secondary N) is 2. The summed E-state index contributed by atoms with van der Waals surface area (Å²) in [5.74, 6) is -0.420. The molecule has 0 radical (unpaired) electrons. The molecule has 9 heteroatoms. The molecule has 0 heterocycles. The van der Waals surface area contributed by atoms with Gasteiger partial charge >= 0.3 is 0 Å². The summed E-state index contributed by atoms with van der Waals surface area (Å²) >= 11 is 5.74. The summed E-state index contributed by atoms with van der Waals surface area (Å²) in [4.78, 5) is 34.0. The molecule has 26 heavy (non-hydrogen) atoms. The highest BCUT2D eigenvalue weighted by molar-refractivity contribution is 6.31. The second kappa shape index (κ2) is 8.82. The maximum atomic E-state index is 12.3. The Balaban J connectivity index is 2.04. The number of amides is 2. The minimum atomic E-state index is -0.668. The summed E-state index contributed by atoms with van der Waals surface area (Å²) in [6.07, 6.45) is 0. The molecule has 2 aromatic rings. The summed E-state index contributed by atoms with van der Waals surface area (Å²) in [5, 5.41) is 16.4. The number of anilines is 1. The molecule has 2 amide bonds. The molecule has 0 aliphatic heterocycles. The summed E-state index contributed by atoms with van der Waals surface area (Å²) in [6.45, 7) is 2.21. The van der Waals surface area contributed by atoms with Gasteiger partial charge in [-0.2, -0.15) is 0 Å². The Hall–Kier alpha value is -3.13. The number of hydrogen-bond donors (Lipinski definition) is 2. The lowest BCUT2D eigenvalue weighted by Gasteiger charge is -2.09. The lowest BCUT2D eigenvalue weighted by atomic mass is 10.1. The van der Waals surface area contributed by atoms with E-state index in [1.54, 1.807) is 31.2 Å². The molecule has 0 aliphatic rings. The predicted molar refractivity (Wildman–Crippen MR) is 96.7 cm³/mol. The van der Waals surface area contributed by atoms with Crippen molar-refractivity contribution in [1.29, 1.82) is 0 Å². The van der Waals surface area contributed by atoms with Crippen LogP contribution in [0.5, 0.6) is 5.75 Å². The first-order valence-corrected chi connectivity index (χ1v) is 8.03. The van der Waals surface area contributed by atoms with E-state index in [1.807, 2.05) is 0 Å². The molecule has 2 rings (SSSR count). The Morgan fingerprint density at radius 3 is 2.50 bits per heavy atom. The van der Waals surface area contributed by atoms with Gasteiger partial charge in [-0.3, -0.25) is 19.7 Å². The summed E-state index contributed by atoms with van der Waals surface area (Å²) in [7, 11) is 0. The fourth-order valence-corrected chi connectivity index (χ4v) is 2.24. The van der Waals surface area contributed by atoms with Crippen LogP contribution >= 0.6 is 11.6 Å². The Morgan fingerprint density at radius 1 is 1.19 bits per heavy atom. The van der Waals surface area contributed by atoms with E-state index in [2.05, 4.69) is 10.6 Å². The Labute approximate surface area is 154 Å². The van der Waals surface area contributed by atoms with Gasteiger partial charge in [0.15, 0.2) is 6.61 Å². The first kappa shape index (κ1) is 19.2. The van der Waals surface area contributed by atoms with Crippen molar-refractivity contribution in [2.45, 2.75) is 6.92 Å². The number of rotatable bonds is 7. The number of carbonyl (C=O) groups excluding carboxylic acids is 2. The van der Waals surface area contributed by atoms with Crippen molar-refractivity contribution in [2.75, 3.05) is 18.5 Å². The van der Waals surface area contributed by atoms with Crippen molar-refractivity contribution < 1.29 is 19.2 Å². The third-order valence-electron chi connectivity index (χ3n) is 3.26. The van der Waals surface area contributed by atoms with Crippen LogP contribution in [-0.4, -0.2) is 29.9 Å². The predicted octanol–water partition coefficient (Wildman–Crippen LogP) is 3.02. The van der Waals surface area contributed by atoms with Crippen molar-refractivity contribution >= 4 is 34.8 Å². The van der Waals surface area contributed by atoms with Crippen LogP contribution < -0.4 is 15.4 Å². The zero-order valence-electron chi connectivity index (χ0n) is 13.8. The molecule has 0 atom stereocenters. The molecule has 0 bridgehead atoms. The van der Waals surface area contributed by atoms with Crippen LogP contribution in [0.4, 0.5) is 11.4 Å². The SMILES string of the molecule is CCNC(=O)COc1ccc(NC(=O)c2ccc(Cl)cc2[N+](=O)[O-])cc1. The molecule has 0 aromatic heterocycles. The van der Waals surface area contributed by atoms with Crippen LogP contribution in [0.1, 0.15) is 17.3 Å². The minimum absolute atomic E-state index is 0.101. The van der Waals surface area contributed by atoms with Crippen LogP contribution in [0.15, 0.2) is 42.5 Å². The highest BCUT2D eigenvalue weighted by atomic mass is 35.5. The van der Waals surface area contributed by atoms with Crippen molar-refractivity contribution in [1.82, 2.24) is 5.32 Å². The minimum Gasteiger partial charge on any atom is -0.484 e. The number of nitro benzene ring substituents is 1. The van der Waals surface area contributed by atoms with Crippen LogP contribution in [0.3, 0.4) is 0 Å². The lowest BCUT2D eigenvalue weighted by molar-refractivity contribution is -0.385. The van der Waals surface area contributed by atoms with Gasteiger partial charge in [0, 0.05) is 23.3 Å². The molecule has 136 valence electrons. The van der Waals surface area contributed by atoms with E-state index in [9.17, 15) is 19.7 Å². The molecule has 0 saturated carbocycles. The molecule has 0 fully saturated rings. The van der Waals surface area contributed by atoms with Gasteiger partial charge in [-0.25, -0.2) is 0 Å². The fraction of sp³-hybridized carbons (Fsp3) is 0.176. The third kappa shape index (κ3) is 5.18. The van der Waals surface area contributed by atoms with Crippen molar-refractivity contribution in [3.8, 4) is 5.75 Å². The van der Waals surface area contributed by atoms with Gasteiger partial charge in [0.25, 0.3) is 17.5 Å². The summed E-state index contributed by atoms with van der Waals surface area (Å²) in [5.41, 5.74) is -0.0579. The Morgan fingerprint density at radius 2 is 1.88 bits per heavy atom. The van der Waals surface area contributed by atoms with Gasteiger partial charge in [0.1, 0.15) is 11.3 Å². The van der Waals surface area contributed by atoms with Gasteiger partial charge in [-0.15, -0.1) is 0 Å². The van der Waals surface area contributed by atoms with E-state index in [-0.39, 0.29) is 28.8 Å². The smallest absolute Gasteiger partial charge is 0.283 e. The highest BCUT2D eigenvalue weighted by Gasteiger charge is 2.20. The van der Waals surface area contributed by atoms with Crippen LogP contribution in [0, 0.1) is 10.1 Å². The normalized spacial score (nSPS) is 10.1. The fourth-order valence-electron chi connectivity index (χ4n) is 2.08. The number of benzene rings is 2. The van der Waals surface area contributed by atoms with Crippen LogP contribution in [-0.2, 0) is 4.79 Å². The average Bonchev–Trinajstić information content (AvgIpc) is 2.61. The maximum absolute atomic E-state index is 12.3. The van der Waals surface area contributed by atoms with Crippen LogP contribution in [0.25, 0.3) is 0 Å². The summed E-state index contributed by atoms with van der Waals surface area (Å²) < 4.78 is 5.30. The molecule has 0 saturated heterocycles. The van der Waals surface area contributed by atoms with E-state index >= 15 is 0 Å². The summed E-state index contributed by atoms with van der Waals surface area (Å²) in [6, 6.07) is 10.1. The van der Waals surface area contributed by atoms with Gasteiger partial charge in [-0.1, -0.05) is 11.6 Å². The average molecular weight is 378 g/mol. The van der Waals surface area contributed by atoms with E-state index in [1.165, 1.54) is 12.1 Å². The Kier molecular flexibility index (Phi) is 6.51. The van der Waals surface area contributed by atoms with E-state index in [0.717, 1.165) is 6.07 Å². The zero-order valence-corrected chi connectivity index (χ0v) is 14.6. The number of carbonyl (C=O) groups is 2. The van der Waals surface area contributed by atoms with Gasteiger partial charge in [-0.05, 0) is 43.3 Å². The quantitative estimate of drug-likeness (QED) is 0.569. The Bertz CT molecular complexity index is 824. The van der Waals surface area contributed by atoms with Crippen molar-refractivity contribution in [2.24, 2.45) is 0 Å². The van der Waals surface area contributed by atoms with Gasteiger partial charge in [0.2, 0.25) is 0 Å². The van der Waals surface area contributed by atoms with E-state index in [0.29, 0.717) is 18.0 Å². The first-order valence-electron chi connectivity index (χ1n) is 7.65. The lowest BCUT2D eigenvalue weighted by Crippen LogP contribution is -2.28. The molecule has 0 aliphatic carbocycles. The highest BCUT2D eigenvalue weighted by Crippen LogP contribution is 2.24. The molecular formula is C17H16ClN3O5. The number of nitrogens with zero attached hydrogens (tertiary/aromatic N) is 1. The van der Waals surface area contributed by atoms with E-state index in [4.69, 9.17) is 16.3 Å². The van der Waals surface area contributed by atoms with Gasteiger partial charge < -0.3 is 15.4 Å².